The van der Waals surface area contributed by atoms with Gasteiger partial charge in [0.15, 0.2) is 0 Å². The molecule has 0 saturated carbocycles. The van der Waals surface area contributed by atoms with Gasteiger partial charge < -0.3 is 10.5 Å². The lowest BCUT2D eigenvalue weighted by atomic mass is 9.88. The van der Waals surface area contributed by atoms with E-state index in [4.69, 9.17) is 10.5 Å². The molecular formula is C21H19F3N2O. The summed E-state index contributed by atoms with van der Waals surface area (Å²) in [5, 5.41) is 0. The Bertz CT molecular complexity index is 891. The normalized spacial score (nSPS) is 12.6. The second-order valence-corrected chi connectivity index (χ2v) is 6.21. The minimum Gasteiger partial charge on any atom is -0.497 e. The summed E-state index contributed by atoms with van der Waals surface area (Å²) in [7, 11) is 1.59. The molecule has 3 nitrogen and oxygen atoms in total. The second-order valence-electron chi connectivity index (χ2n) is 6.21. The number of alkyl halides is 3. The number of nitrogens with zero attached hydrogens (tertiary/aromatic N) is 1. The molecule has 1 atom stereocenters. The molecular weight excluding hydrogens is 353 g/mol. The minimum absolute atomic E-state index is 0.142. The summed E-state index contributed by atoms with van der Waals surface area (Å²) in [5.74, 6) is 0.988. The number of halogens is 3. The maximum absolute atomic E-state index is 12.8. The van der Waals surface area contributed by atoms with Gasteiger partial charge in [-0.25, -0.2) is 4.98 Å². The van der Waals surface area contributed by atoms with Crippen molar-refractivity contribution in [2.24, 2.45) is 0 Å². The third-order valence-corrected chi connectivity index (χ3v) is 4.39. The fourth-order valence-electron chi connectivity index (χ4n) is 2.96. The highest BCUT2D eigenvalue weighted by atomic mass is 19.4. The number of hydrogen-bond donors (Lipinski definition) is 1. The molecule has 0 spiro atoms. The van der Waals surface area contributed by atoms with E-state index in [-0.39, 0.29) is 5.92 Å². The largest absolute Gasteiger partial charge is 0.497 e. The molecule has 27 heavy (non-hydrogen) atoms. The first-order valence-electron chi connectivity index (χ1n) is 8.39. The average Bonchev–Trinajstić information content (AvgIpc) is 2.66. The van der Waals surface area contributed by atoms with Gasteiger partial charge in [0.25, 0.3) is 0 Å². The SMILES string of the molecule is COc1ccc(C(Cc2ccc(C(F)(F)F)cc2)c2cccc(N)n2)cc1. The summed E-state index contributed by atoms with van der Waals surface area (Å²) < 4.78 is 43.6. The van der Waals surface area contributed by atoms with E-state index in [9.17, 15) is 13.2 Å². The maximum Gasteiger partial charge on any atom is 0.416 e. The molecule has 2 N–H and O–H groups in total. The van der Waals surface area contributed by atoms with Crippen LogP contribution in [0.1, 0.15) is 28.3 Å². The molecule has 6 heteroatoms. The zero-order valence-electron chi connectivity index (χ0n) is 14.7. The topological polar surface area (TPSA) is 48.1 Å². The van der Waals surface area contributed by atoms with Crippen LogP contribution in [-0.2, 0) is 12.6 Å². The molecule has 0 aliphatic heterocycles. The van der Waals surface area contributed by atoms with Crippen molar-refractivity contribution in [1.82, 2.24) is 4.98 Å². The van der Waals surface area contributed by atoms with E-state index in [1.807, 2.05) is 36.4 Å². The molecule has 1 unspecified atom stereocenters. The number of nitrogen functional groups attached to an aromatic ring is 1. The lowest BCUT2D eigenvalue weighted by Crippen LogP contribution is -2.09. The van der Waals surface area contributed by atoms with E-state index in [0.29, 0.717) is 12.2 Å². The summed E-state index contributed by atoms with van der Waals surface area (Å²) in [6, 6.07) is 18.2. The van der Waals surface area contributed by atoms with Gasteiger partial charge in [0.05, 0.1) is 18.4 Å². The van der Waals surface area contributed by atoms with Gasteiger partial charge in [-0.3, -0.25) is 0 Å². The van der Waals surface area contributed by atoms with Gasteiger partial charge in [0.1, 0.15) is 11.6 Å². The van der Waals surface area contributed by atoms with Gasteiger partial charge in [-0.2, -0.15) is 13.2 Å². The first-order valence-corrected chi connectivity index (χ1v) is 8.39. The lowest BCUT2D eigenvalue weighted by Gasteiger charge is -2.18. The number of rotatable bonds is 5. The van der Waals surface area contributed by atoms with Gasteiger partial charge >= 0.3 is 6.18 Å². The highest BCUT2D eigenvalue weighted by molar-refractivity contribution is 5.39. The second kappa shape index (κ2) is 7.70. The van der Waals surface area contributed by atoms with Crippen molar-refractivity contribution >= 4 is 5.82 Å². The number of methoxy groups -OCH3 is 1. The smallest absolute Gasteiger partial charge is 0.416 e. The van der Waals surface area contributed by atoms with Crippen LogP contribution in [0.5, 0.6) is 5.75 Å². The summed E-state index contributed by atoms with van der Waals surface area (Å²) in [4.78, 5) is 4.41. The molecule has 1 aromatic heterocycles. The molecule has 3 aromatic rings. The van der Waals surface area contributed by atoms with Gasteiger partial charge in [0, 0.05) is 5.92 Å². The Balaban J connectivity index is 1.94. The first kappa shape index (κ1) is 18.8. The van der Waals surface area contributed by atoms with Crippen LogP contribution in [-0.4, -0.2) is 12.1 Å². The van der Waals surface area contributed by atoms with Crippen molar-refractivity contribution in [3.63, 3.8) is 0 Å². The van der Waals surface area contributed by atoms with Crippen LogP contribution in [0.4, 0.5) is 19.0 Å². The number of anilines is 1. The molecule has 0 saturated heterocycles. The van der Waals surface area contributed by atoms with E-state index in [2.05, 4.69) is 4.98 Å². The highest BCUT2D eigenvalue weighted by Gasteiger charge is 2.30. The summed E-state index contributed by atoms with van der Waals surface area (Å²) in [5.41, 5.74) is 7.70. The van der Waals surface area contributed by atoms with Crippen LogP contribution in [0, 0.1) is 0 Å². The quantitative estimate of drug-likeness (QED) is 0.681. The van der Waals surface area contributed by atoms with Crippen molar-refractivity contribution < 1.29 is 17.9 Å². The van der Waals surface area contributed by atoms with Crippen molar-refractivity contribution in [3.8, 4) is 5.75 Å². The van der Waals surface area contributed by atoms with Crippen LogP contribution in [0.2, 0.25) is 0 Å². The molecule has 1 heterocycles. The summed E-state index contributed by atoms with van der Waals surface area (Å²) >= 11 is 0. The van der Waals surface area contributed by atoms with Crippen LogP contribution in [0.3, 0.4) is 0 Å². The number of pyridine rings is 1. The van der Waals surface area contributed by atoms with Crippen LogP contribution < -0.4 is 10.5 Å². The highest BCUT2D eigenvalue weighted by Crippen LogP contribution is 2.32. The zero-order valence-corrected chi connectivity index (χ0v) is 14.7. The predicted octanol–water partition coefficient (Wildman–Crippen LogP) is 5.07. The Morgan fingerprint density at radius 1 is 0.963 bits per heavy atom. The third-order valence-electron chi connectivity index (χ3n) is 4.39. The van der Waals surface area contributed by atoms with Gasteiger partial charge in [-0.1, -0.05) is 30.3 Å². The third kappa shape index (κ3) is 4.58. The van der Waals surface area contributed by atoms with E-state index in [1.165, 1.54) is 12.1 Å². The molecule has 3 rings (SSSR count). The number of benzene rings is 2. The predicted molar refractivity (Wildman–Crippen MR) is 98.6 cm³/mol. The van der Waals surface area contributed by atoms with Crippen molar-refractivity contribution in [3.05, 3.63) is 89.1 Å². The Morgan fingerprint density at radius 3 is 2.19 bits per heavy atom. The minimum atomic E-state index is -4.34. The van der Waals surface area contributed by atoms with E-state index < -0.39 is 11.7 Å². The maximum atomic E-state index is 12.8. The Hall–Kier alpha value is -3.02. The van der Waals surface area contributed by atoms with Crippen molar-refractivity contribution in [2.75, 3.05) is 12.8 Å². The van der Waals surface area contributed by atoms with E-state index in [0.717, 1.165) is 34.7 Å². The molecule has 0 fully saturated rings. The van der Waals surface area contributed by atoms with Crippen LogP contribution >= 0.6 is 0 Å². The summed E-state index contributed by atoms with van der Waals surface area (Å²) in [6.07, 6.45) is -3.84. The van der Waals surface area contributed by atoms with Crippen LogP contribution in [0.25, 0.3) is 0 Å². The number of ether oxygens (including phenoxy) is 1. The van der Waals surface area contributed by atoms with Gasteiger partial charge in [0.2, 0.25) is 0 Å². The van der Waals surface area contributed by atoms with E-state index >= 15 is 0 Å². The molecule has 140 valence electrons. The fraction of sp³-hybridized carbons (Fsp3) is 0.190. The molecule has 0 amide bonds. The Labute approximate surface area is 155 Å². The molecule has 0 bridgehead atoms. The fourth-order valence-corrected chi connectivity index (χ4v) is 2.96. The number of nitrogens with two attached hydrogens (primary N) is 1. The molecule has 0 radical (unpaired) electrons. The Kier molecular flexibility index (Phi) is 5.35. The van der Waals surface area contributed by atoms with Crippen LogP contribution in [0.15, 0.2) is 66.7 Å². The number of aromatic nitrogens is 1. The van der Waals surface area contributed by atoms with Gasteiger partial charge in [-0.15, -0.1) is 0 Å². The molecule has 2 aromatic carbocycles. The van der Waals surface area contributed by atoms with Crippen molar-refractivity contribution in [2.45, 2.75) is 18.5 Å². The first-order chi connectivity index (χ1) is 12.9. The Morgan fingerprint density at radius 2 is 1.63 bits per heavy atom. The van der Waals surface area contributed by atoms with Gasteiger partial charge in [-0.05, 0) is 53.9 Å². The average molecular weight is 372 g/mol. The molecule has 0 aliphatic carbocycles. The van der Waals surface area contributed by atoms with Crippen molar-refractivity contribution in [1.29, 1.82) is 0 Å². The monoisotopic (exact) mass is 372 g/mol. The zero-order chi connectivity index (χ0) is 19.4. The molecule has 0 aliphatic rings. The standard InChI is InChI=1S/C21H19F3N2O/c1-27-17-11-7-15(8-12-17)18(19-3-2-4-20(25)26-19)13-14-5-9-16(10-6-14)21(22,23)24/h2-12,18H,13H2,1H3,(H2,25,26). The number of hydrogen-bond acceptors (Lipinski definition) is 3. The lowest BCUT2D eigenvalue weighted by molar-refractivity contribution is -0.137. The van der Waals surface area contributed by atoms with E-state index in [1.54, 1.807) is 13.2 Å². The summed E-state index contributed by atoms with van der Waals surface area (Å²) in [6.45, 7) is 0.